The van der Waals surface area contributed by atoms with Crippen LogP contribution in [0.4, 0.5) is 0 Å². The number of nitrogens with zero attached hydrogens (tertiary/aromatic N) is 4. The number of aliphatic carboxylic acids is 1. The molecule has 10 nitrogen and oxygen atoms in total. The predicted molar refractivity (Wildman–Crippen MR) is 175 cm³/mol. The number of thioether (sulfide) groups is 1. The summed E-state index contributed by atoms with van der Waals surface area (Å²) in [5, 5.41) is 13.8. The Labute approximate surface area is 275 Å². The normalized spacial score (nSPS) is 38.0. The van der Waals surface area contributed by atoms with E-state index in [0.717, 1.165) is 101 Å². The van der Waals surface area contributed by atoms with Crippen LogP contribution in [-0.4, -0.2) is 123 Å². The Morgan fingerprint density at radius 1 is 1.13 bits per heavy atom. The Morgan fingerprint density at radius 3 is 2.71 bits per heavy atom. The van der Waals surface area contributed by atoms with E-state index in [1.807, 2.05) is 23.3 Å². The number of carboxylic acids is 1. The van der Waals surface area contributed by atoms with E-state index < -0.39 is 5.97 Å². The number of ether oxygens (including phenoxy) is 2. The van der Waals surface area contributed by atoms with Crippen molar-refractivity contribution in [3.63, 3.8) is 0 Å². The number of morpholine rings is 1. The fraction of sp³-hybridized carbons (Fsp3) is 0.848. The second kappa shape index (κ2) is 13.7. The molecule has 1 saturated carbocycles. The van der Waals surface area contributed by atoms with Gasteiger partial charge >= 0.3 is 5.97 Å². The van der Waals surface area contributed by atoms with Crippen molar-refractivity contribution < 1.29 is 19.4 Å². The van der Waals surface area contributed by atoms with E-state index in [1.54, 1.807) is 0 Å². The number of aryl methyl sites for hydroxylation is 2. The lowest BCUT2D eigenvalue weighted by atomic mass is 9.70. The first-order valence-corrected chi connectivity index (χ1v) is 18.8. The second-order valence-corrected chi connectivity index (χ2v) is 16.2. The molecule has 9 atom stereocenters. The molecule has 7 rings (SSSR count). The SMILES string of the molecule is Cc1nc2c(c(=O)n1CCOC1CCC(Cl)CC1C1CC(C)NC3C(C(=O)O)CSC13)CC(N1CC(N3CCOCC3)C1)CC2. The molecule has 250 valence electrons. The van der Waals surface area contributed by atoms with E-state index >= 15 is 0 Å². The van der Waals surface area contributed by atoms with Gasteiger partial charge in [-0.05, 0) is 70.6 Å². The van der Waals surface area contributed by atoms with Crippen LogP contribution in [-0.2, 0) is 33.7 Å². The maximum absolute atomic E-state index is 13.9. The Balaban J connectivity index is 0.990. The summed E-state index contributed by atoms with van der Waals surface area (Å²) in [6, 6.07) is 1.28. The molecule has 12 heteroatoms. The van der Waals surface area contributed by atoms with Crippen molar-refractivity contribution in [1.82, 2.24) is 24.7 Å². The number of piperidine rings is 1. The average molecular weight is 664 g/mol. The number of alkyl halides is 1. The molecule has 4 aliphatic heterocycles. The summed E-state index contributed by atoms with van der Waals surface area (Å²) >= 11 is 8.57. The van der Waals surface area contributed by atoms with Gasteiger partial charge in [0.1, 0.15) is 5.82 Å². The van der Waals surface area contributed by atoms with Crippen molar-refractivity contribution >= 4 is 29.3 Å². The molecule has 0 radical (unpaired) electrons. The van der Waals surface area contributed by atoms with E-state index in [1.165, 1.54) is 0 Å². The molecule has 0 aromatic carbocycles. The number of carboxylic acid groups (broad SMARTS) is 1. The summed E-state index contributed by atoms with van der Waals surface area (Å²) in [7, 11) is 0. The molecule has 45 heavy (non-hydrogen) atoms. The molecule has 5 heterocycles. The molecule has 9 unspecified atom stereocenters. The number of nitrogens with one attached hydrogen (secondary N) is 1. The van der Waals surface area contributed by atoms with Gasteiger partial charge in [-0.15, -0.1) is 11.6 Å². The molecule has 1 aromatic rings. The van der Waals surface area contributed by atoms with Gasteiger partial charge in [0.15, 0.2) is 0 Å². The molecule has 2 aliphatic carbocycles. The van der Waals surface area contributed by atoms with Crippen LogP contribution in [0.25, 0.3) is 0 Å². The average Bonchev–Trinajstić information content (AvgIpc) is 3.43. The smallest absolute Gasteiger partial charge is 0.308 e. The highest BCUT2D eigenvalue weighted by Crippen LogP contribution is 2.48. The molecule has 5 fully saturated rings. The third-order valence-corrected chi connectivity index (χ3v) is 13.7. The van der Waals surface area contributed by atoms with Crippen molar-refractivity contribution in [2.45, 2.75) is 106 Å². The number of halogens is 1. The third-order valence-electron chi connectivity index (χ3n) is 11.7. The summed E-state index contributed by atoms with van der Waals surface area (Å²) in [6.45, 7) is 11.0. The lowest BCUT2D eigenvalue weighted by Crippen LogP contribution is -2.64. The number of hydrogen-bond donors (Lipinski definition) is 2. The highest BCUT2D eigenvalue weighted by molar-refractivity contribution is 8.00. The van der Waals surface area contributed by atoms with Crippen LogP contribution in [0.15, 0.2) is 4.79 Å². The number of fused-ring (bicyclic) bond motifs is 2. The minimum Gasteiger partial charge on any atom is -0.481 e. The number of likely N-dealkylation sites (tertiary alicyclic amines) is 1. The summed E-state index contributed by atoms with van der Waals surface area (Å²) in [6.07, 6.45) is 6.51. The number of hydrogen-bond acceptors (Lipinski definition) is 9. The van der Waals surface area contributed by atoms with Crippen molar-refractivity contribution in [3.05, 3.63) is 27.4 Å². The van der Waals surface area contributed by atoms with Gasteiger partial charge in [-0.3, -0.25) is 24.0 Å². The standard InChI is InChI=1S/C33H50ClN5O5S/c1-19-13-25(31-30(35-19)27(18-45-31)33(41)42)24-14-21(34)3-6-29(24)44-12-9-39-20(2)36-28-5-4-22(15-26(28)32(39)40)38-16-23(17-38)37-7-10-43-11-8-37/h19,21-25,27,29-31,35H,3-18H2,1-2H3,(H,41,42). The van der Waals surface area contributed by atoms with Crippen LogP contribution in [0.1, 0.15) is 56.1 Å². The molecule has 6 aliphatic rings. The lowest BCUT2D eigenvalue weighted by Gasteiger charge is -2.50. The Hall–Kier alpha value is -1.21. The fourth-order valence-corrected chi connectivity index (χ4v) is 11.4. The van der Waals surface area contributed by atoms with Gasteiger partial charge in [-0.25, -0.2) is 4.98 Å². The quantitative estimate of drug-likeness (QED) is 0.403. The molecule has 1 aromatic heterocycles. The monoisotopic (exact) mass is 663 g/mol. The Morgan fingerprint density at radius 2 is 1.93 bits per heavy atom. The summed E-state index contributed by atoms with van der Waals surface area (Å²) in [5.74, 6) is 1.03. The van der Waals surface area contributed by atoms with Crippen LogP contribution < -0.4 is 10.9 Å². The van der Waals surface area contributed by atoms with Gasteiger partial charge in [-0.2, -0.15) is 11.8 Å². The van der Waals surface area contributed by atoms with Crippen molar-refractivity contribution in [3.8, 4) is 0 Å². The molecule has 2 N–H and O–H groups in total. The van der Waals surface area contributed by atoms with Crippen LogP contribution in [0.2, 0.25) is 0 Å². The van der Waals surface area contributed by atoms with Gasteiger partial charge in [0.05, 0.1) is 44.1 Å². The fourth-order valence-electron chi connectivity index (χ4n) is 9.26. The van der Waals surface area contributed by atoms with Crippen molar-refractivity contribution in [2.24, 2.45) is 17.8 Å². The molecule has 0 bridgehead atoms. The predicted octanol–water partition coefficient (Wildman–Crippen LogP) is 2.40. The maximum Gasteiger partial charge on any atom is 0.308 e. The van der Waals surface area contributed by atoms with Gasteiger partial charge in [0.25, 0.3) is 5.56 Å². The summed E-state index contributed by atoms with van der Waals surface area (Å²) in [4.78, 5) is 35.9. The van der Waals surface area contributed by atoms with Crippen LogP contribution in [0.3, 0.4) is 0 Å². The highest BCUT2D eigenvalue weighted by atomic mass is 35.5. The van der Waals surface area contributed by atoms with Crippen LogP contribution in [0, 0.1) is 24.7 Å². The second-order valence-electron chi connectivity index (χ2n) is 14.4. The van der Waals surface area contributed by atoms with Crippen molar-refractivity contribution in [1.29, 1.82) is 0 Å². The highest BCUT2D eigenvalue weighted by Gasteiger charge is 2.51. The van der Waals surface area contributed by atoms with Gasteiger partial charge in [0, 0.05) is 72.3 Å². The third kappa shape index (κ3) is 6.61. The zero-order chi connectivity index (χ0) is 31.2. The van der Waals surface area contributed by atoms with E-state index in [9.17, 15) is 14.7 Å². The van der Waals surface area contributed by atoms with E-state index in [4.69, 9.17) is 26.1 Å². The minimum absolute atomic E-state index is 0.00857. The van der Waals surface area contributed by atoms with Crippen molar-refractivity contribution in [2.75, 3.05) is 51.8 Å². The van der Waals surface area contributed by atoms with Gasteiger partial charge in [0.2, 0.25) is 0 Å². The number of rotatable bonds is 8. The molecular weight excluding hydrogens is 614 g/mol. The molecular formula is C33H50ClN5O5S. The van der Waals surface area contributed by atoms with Gasteiger partial charge in [-0.1, -0.05) is 0 Å². The van der Waals surface area contributed by atoms with Crippen LogP contribution in [0.5, 0.6) is 0 Å². The molecule has 4 saturated heterocycles. The summed E-state index contributed by atoms with van der Waals surface area (Å²) < 4.78 is 14.0. The number of aromatic nitrogens is 2. The molecule has 0 spiro atoms. The number of carbonyl (C=O) groups is 1. The Bertz CT molecular complexity index is 1290. The van der Waals surface area contributed by atoms with E-state index in [-0.39, 0.29) is 46.2 Å². The Kier molecular flexibility index (Phi) is 9.86. The molecule has 0 amide bonds. The van der Waals surface area contributed by atoms with Gasteiger partial charge < -0.3 is 19.9 Å². The lowest BCUT2D eigenvalue weighted by molar-refractivity contribution is -0.142. The van der Waals surface area contributed by atoms with E-state index in [0.29, 0.717) is 36.9 Å². The zero-order valence-electron chi connectivity index (χ0n) is 26.7. The summed E-state index contributed by atoms with van der Waals surface area (Å²) in [5.41, 5.74) is 1.99. The largest absolute Gasteiger partial charge is 0.481 e. The first-order valence-electron chi connectivity index (χ1n) is 17.3. The van der Waals surface area contributed by atoms with E-state index in [2.05, 4.69) is 22.0 Å². The first-order chi connectivity index (χ1) is 21.8. The maximum atomic E-state index is 13.9. The topological polar surface area (TPSA) is 109 Å². The minimum atomic E-state index is -0.699. The first kappa shape index (κ1) is 32.3. The van der Waals surface area contributed by atoms with Crippen LogP contribution >= 0.6 is 23.4 Å². The zero-order valence-corrected chi connectivity index (χ0v) is 28.3.